The molecular formula is C30H25F2N3O3S. The lowest BCUT2D eigenvalue weighted by Gasteiger charge is -2.43. The van der Waals surface area contributed by atoms with Gasteiger partial charge in [0.15, 0.2) is 15.6 Å². The second-order valence-corrected chi connectivity index (χ2v) is 12.5. The molecule has 39 heavy (non-hydrogen) atoms. The maximum absolute atomic E-state index is 14.2. The Morgan fingerprint density at radius 3 is 2.59 bits per heavy atom. The number of rotatable bonds is 5. The number of halogens is 2. The number of hydrogen-bond donors (Lipinski definition) is 0. The Morgan fingerprint density at radius 1 is 1.08 bits per heavy atom. The molecule has 2 aliphatic rings. The minimum atomic E-state index is -3.85. The molecular weight excluding hydrogens is 520 g/mol. The average molecular weight is 546 g/mol. The van der Waals surface area contributed by atoms with Crippen molar-refractivity contribution < 1.29 is 22.0 Å². The van der Waals surface area contributed by atoms with Gasteiger partial charge >= 0.3 is 0 Å². The molecule has 198 valence electrons. The molecule has 2 atom stereocenters. The normalized spacial score (nSPS) is 20.6. The van der Waals surface area contributed by atoms with Crippen LogP contribution in [-0.4, -0.2) is 34.2 Å². The van der Waals surface area contributed by atoms with Crippen molar-refractivity contribution in [3.8, 4) is 5.69 Å². The first-order chi connectivity index (χ1) is 18.7. The van der Waals surface area contributed by atoms with Crippen molar-refractivity contribution in [1.29, 1.82) is 0 Å². The zero-order chi connectivity index (χ0) is 27.4. The summed E-state index contributed by atoms with van der Waals surface area (Å²) in [5, 5.41) is 3.69. The zero-order valence-electron chi connectivity index (χ0n) is 21.1. The number of fused-ring (bicyclic) bond motifs is 2. The van der Waals surface area contributed by atoms with Gasteiger partial charge in [-0.25, -0.2) is 21.9 Å². The van der Waals surface area contributed by atoms with E-state index in [2.05, 4.69) is 10.1 Å². The Labute approximate surface area is 224 Å². The van der Waals surface area contributed by atoms with Crippen molar-refractivity contribution in [2.45, 2.75) is 42.8 Å². The van der Waals surface area contributed by atoms with Gasteiger partial charge in [-0.1, -0.05) is 11.6 Å². The van der Waals surface area contributed by atoms with E-state index in [1.54, 1.807) is 47.4 Å². The van der Waals surface area contributed by atoms with Crippen LogP contribution in [0.1, 0.15) is 46.6 Å². The summed E-state index contributed by atoms with van der Waals surface area (Å²) in [7, 11) is -3.85. The second kappa shape index (κ2) is 9.34. The molecule has 1 fully saturated rings. The Morgan fingerprint density at radius 2 is 1.87 bits per heavy atom. The summed E-state index contributed by atoms with van der Waals surface area (Å²) in [6, 6.07) is 14.9. The zero-order valence-corrected chi connectivity index (χ0v) is 22.0. The van der Waals surface area contributed by atoms with Crippen LogP contribution in [0.5, 0.6) is 0 Å². The molecule has 0 saturated heterocycles. The third-order valence-corrected chi connectivity index (χ3v) is 10.1. The molecule has 6 rings (SSSR count). The number of hydrogen-bond acceptors (Lipinski definition) is 5. The van der Waals surface area contributed by atoms with E-state index in [-0.39, 0.29) is 40.6 Å². The molecule has 0 unspecified atom stereocenters. The predicted molar refractivity (Wildman–Crippen MR) is 142 cm³/mol. The standard InChI is InChI=1S/C30H25F2N3O3S/c1-19-14-24(11-12-26(19)32)39(37,38)25-10-5-21-15-28-20(18-34-35(28)23-8-6-22(31)7-9-23)16-30(21,17-25)29(36)27-4-2-3-13-33-27/h2-4,6-9,11-15,18,25H,5,10,16-17H2,1H3/t25-,30+/m1/s1. The lowest BCUT2D eigenvalue weighted by molar-refractivity contribution is 0.0796. The molecule has 0 amide bonds. The van der Waals surface area contributed by atoms with Gasteiger partial charge < -0.3 is 0 Å². The third kappa shape index (κ3) is 4.21. The largest absolute Gasteiger partial charge is 0.291 e. The molecule has 2 aromatic carbocycles. The highest BCUT2D eigenvalue weighted by Gasteiger charge is 2.52. The number of benzene rings is 2. The van der Waals surface area contributed by atoms with E-state index in [1.165, 1.54) is 37.3 Å². The number of aryl methyl sites for hydroxylation is 1. The minimum Gasteiger partial charge on any atom is -0.291 e. The number of carbonyl (C=O) groups is 1. The van der Waals surface area contributed by atoms with Crippen LogP contribution in [-0.2, 0) is 16.3 Å². The van der Waals surface area contributed by atoms with E-state index in [1.807, 2.05) is 6.08 Å². The lowest BCUT2D eigenvalue weighted by atomic mass is 9.61. The molecule has 6 nitrogen and oxygen atoms in total. The molecule has 0 aliphatic heterocycles. The fourth-order valence-corrected chi connectivity index (χ4v) is 7.76. The van der Waals surface area contributed by atoms with Gasteiger partial charge in [0.2, 0.25) is 0 Å². The molecule has 2 heterocycles. The summed E-state index contributed by atoms with van der Waals surface area (Å²) in [6.45, 7) is 1.53. The highest BCUT2D eigenvalue weighted by Crippen LogP contribution is 2.51. The highest BCUT2D eigenvalue weighted by molar-refractivity contribution is 7.92. The van der Waals surface area contributed by atoms with Gasteiger partial charge in [-0.05, 0) is 104 Å². The van der Waals surface area contributed by atoms with Gasteiger partial charge in [0.1, 0.15) is 17.3 Å². The quantitative estimate of drug-likeness (QED) is 0.238. The van der Waals surface area contributed by atoms with Crippen LogP contribution in [0.2, 0.25) is 0 Å². The Hall–Kier alpha value is -3.98. The van der Waals surface area contributed by atoms with Crippen molar-refractivity contribution in [3.05, 3.63) is 113 Å². The average Bonchev–Trinajstić information content (AvgIpc) is 3.35. The number of aromatic nitrogens is 3. The second-order valence-electron chi connectivity index (χ2n) is 10.2. The highest BCUT2D eigenvalue weighted by atomic mass is 32.2. The number of sulfone groups is 1. The molecule has 1 saturated carbocycles. The summed E-state index contributed by atoms with van der Waals surface area (Å²) in [6.07, 6.45) is 6.21. The van der Waals surface area contributed by atoms with E-state index < -0.39 is 26.3 Å². The van der Waals surface area contributed by atoms with Crippen LogP contribution in [0.4, 0.5) is 8.78 Å². The smallest absolute Gasteiger partial charge is 0.191 e. The molecule has 0 radical (unpaired) electrons. The number of pyridine rings is 1. The van der Waals surface area contributed by atoms with Gasteiger partial charge in [0, 0.05) is 6.20 Å². The maximum Gasteiger partial charge on any atom is 0.191 e. The number of allylic oxidation sites excluding steroid dienone is 1. The van der Waals surface area contributed by atoms with Crippen molar-refractivity contribution in [2.24, 2.45) is 5.41 Å². The minimum absolute atomic E-state index is 0.0555. The summed E-state index contributed by atoms with van der Waals surface area (Å²) in [5.74, 6) is -1.05. The maximum atomic E-state index is 14.2. The molecule has 4 aromatic rings. The summed E-state index contributed by atoms with van der Waals surface area (Å²) in [5.41, 5.74) is 2.50. The number of Topliss-reactive ketones (excluding diaryl/α,β-unsaturated/α-hetero) is 1. The third-order valence-electron chi connectivity index (χ3n) is 7.92. The van der Waals surface area contributed by atoms with Gasteiger partial charge in [0.05, 0.1) is 33.1 Å². The van der Waals surface area contributed by atoms with E-state index in [0.717, 1.165) is 16.8 Å². The monoisotopic (exact) mass is 545 g/mol. The number of nitrogens with zero attached hydrogens (tertiary/aromatic N) is 3. The topological polar surface area (TPSA) is 81.9 Å². The van der Waals surface area contributed by atoms with E-state index in [9.17, 15) is 22.0 Å². The van der Waals surface area contributed by atoms with Gasteiger partial charge in [-0.15, -0.1) is 0 Å². The fraction of sp³-hybridized carbons (Fsp3) is 0.233. The van der Waals surface area contributed by atoms with Crippen LogP contribution >= 0.6 is 0 Å². The van der Waals surface area contributed by atoms with Gasteiger partial charge in [-0.2, -0.15) is 5.10 Å². The Bertz CT molecular complexity index is 1730. The first-order valence-electron chi connectivity index (χ1n) is 12.7. The fourth-order valence-electron chi connectivity index (χ4n) is 5.85. The molecule has 2 aromatic heterocycles. The van der Waals surface area contributed by atoms with Gasteiger partial charge in [-0.3, -0.25) is 9.78 Å². The van der Waals surface area contributed by atoms with Crippen LogP contribution in [0, 0.1) is 24.0 Å². The Kier molecular flexibility index (Phi) is 6.06. The van der Waals surface area contributed by atoms with Gasteiger partial charge in [0.25, 0.3) is 0 Å². The van der Waals surface area contributed by atoms with E-state index in [4.69, 9.17) is 0 Å². The first kappa shape index (κ1) is 25.3. The summed E-state index contributed by atoms with van der Waals surface area (Å²) >= 11 is 0. The van der Waals surface area contributed by atoms with Crippen LogP contribution in [0.25, 0.3) is 11.8 Å². The van der Waals surface area contributed by atoms with Crippen LogP contribution < -0.4 is 0 Å². The van der Waals surface area contributed by atoms with Crippen LogP contribution in [0.15, 0.2) is 83.5 Å². The SMILES string of the molecule is Cc1cc(S(=O)(=O)[C@@H]2CCC3=Cc4c(cnn4-c4ccc(F)cc4)C[C@]3(C(=O)c3ccccn3)C2)ccc1F. The van der Waals surface area contributed by atoms with Crippen LogP contribution in [0.3, 0.4) is 0 Å². The number of carbonyl (C=O) groups excluding carboxylic acids is 1. The molecule has 0 bridgehead atoms. The lowest BCUT2D eigenvalue weighted by Crippen LogP contribution is -2.45. The number of ketones is 1. The Balaban J connectivity index is 1.45. The molecule has 0 N–H and O–H groups in total. The molecule has 0 spiro atoms. The van der Waals surface area contributed by atoms with E-state index >= 15 is 0 Å². The molecule has 9 heteroatoms. The first-order valence-corrected chi connectivity index (χ1v) is 14.2. The van der Waals surface area contributed by atoms with E-state index in [0.29, 0.717) is 18.5 Å². The van der Waals surface area contributed by atoms with Crippen molar-refractivity contribution in [2.75, 3.05) is 0 Å². The summed E-state index contributed by atoms with van der Waals surface area (Å²) < 4.78 is 56.7. The molecule has 2 aliphatic carbocycles. The summed E-state index contributed by atoms with van der Waals surface area (Å²) in [4.78, 5) is 18.5. The van der Waals surface area contributed by atoms with Crippen molar-refractivity contribution in [3.63, 3.8) is 0 Å². The van der Waals surface area contributed by atoms with Crippen molar-refractivity contribution in [1.82, 2.24) is 14.8 Å². The predicted octanol–water partition coefficient (Wildman–Crippen LogP) is 5.69. The van der Waals surface area contributed by atoms with Crippen molar-refractivity contribution >= 4 is 21.7 Å².